The molecule has 1 heterocycles. The van der Waals surface area contributed by atoms with Crippen molar-refractivity contribution in [2.75, 3.05) is 20.2 Å². The van der Waals surface area contributed by atoms with E-state index in [1.54, 1.807) is 12.1 Å². The van der Waals surface area contributed by atoms with Gasteiger partial charge in [0.15, 0.2) is 0 Å². The first-order valence-electron chi connectivity index (χ1n) is 6.63. The molecule has 1 aliphatic rings. The van der Waals surface area contributed by atoms with Crippen LogP contribution in [-0.4, -0.2) is 31.1 Å². The zero-order valence-electron chi connectivity index (χ0n) is 11.4. The highest BCUT2D eigenvalue weighted by Gasteiger charge is 2.30. The molecule has 2 rings (SSSR count). The van der Waals surface area contributed by atoms with Gasteiger partial charge in [0.25, 0.3) is 0 Å². The van der Waals surface area contributed by atoms with Crippen molar-refractivity contribution in [2.45, 2.75) is 19.9 Å². The Morgan fingerprint density at radius 1 is 1.42 bits per heavy atom. The number of hydrogen-bond acceptors (Lipinski definition) is 3. The average molecular weight is 265 g/mol. The van der Waals surface area contributed by atoms with Crippen molar-refractivity contribution in [3.8, 4) is 0 Å². The summed E-state index contributed by atoms with van der Waals surface area (Å²) in [5, 5.41) is 0. The first-order valence-corrected chi connectivity index (χ1v) is 6.63. The van der Waals surface area contributed by atoms with Crippen molar-refractivity contribution in [3.05, 3.63) is 35.6 Å². The quantitative estimate of drug-likeness (QED) is 0.786. The molecule has 4 heteroatoms. The molecule has 1 saturated heterocycles. The molecule has 1 aromatic carbocycles. The maximum atomic E-state index is 13.6. The monoisotopic (exact) mass is 265 g/mol. The van der Waals surface area contributed by atoms with Crippen LogP contribution in [0.25, 0.3) is 0 Å². The van der Waals surface area contributed by atoms with E-state index < -0.39 is 0 Å². The third-order valence-electron chi connectivity index (χ3n) is 3.62. The Morgan fingerprint density at radius 3 is 2.84 bits per heavy atom. The van der Waals surface area contributed by atoms with E-state index >= 15 is 0 Å². The fourth-order valence-electron chi connectivity index (χ4n) is 2.80. The van der Waals surface area contributed by atoms with Gasteiger partial charge in [0, 0.05) is 25.2 Å². The summed E-state index contributed by atoms with van der Waals surface area (Å²) in [7, 11) is 1.42. The van der Waals surface area contributed by atoms with Crippen LogP contribution >= 0.6 is 0 Å². The van der Waals surface area contributed by atoms with E-state index in [0.29, 0.717) is 24.6 Å². The second-order valence-electron chi connectivity index (χ2n) is 5.35. The summed E-state index contributed by atoms with van der Waals surface area (Å²) in [4.78, 5) is 13.8. The lowest BCUT2D eigenvalue weighted by Crippen LogP contribution is -2.42. The number of hydrogen-bond donors (Lipinski definition) is 0. The van der Waals surface area contributed by atoms with Crippen LogP contribution in [-0.2, 0) is 16.1 Å². The van der Waals surface area contributed by atoms with Crippen molar-refractivity contribution >= 4 is 5.97 Å². The van der Waals surface area contributed by atoms with Crippen LogP contribution in [0, 0.1) is 17.7 Å². The summed E-state index contributed by atoms with van der Waals surface area (Å²) in [6.07, 6.45) is 0.848. The molecular formula is C15H20FNO2. The molecule has 0 aliphatic carbocycles. The van der Waals surface area contributed by atoms with Crippen molar-refractivity contribution in [3.63, 3.8) is 0 Å². The maximum absolute atomic E-state index is 13.6. The van der Waals surface area contributed by atoms with E-state index in [1.165, 1.54) is 13.2 Å². The Balaban J connectivity index is 2.04. The molecular weight excluding hydrogens is 245 g/mol. The fourth-order valence-corrected chi connectivity index (χ4v) is 2.80. The number of nitrogens with zero attached hydrogens (tertiary/aromatic N) is 1. The van der Waals surface area contributed by atoms with Gasteiger partial charge in [-0.1, -0.05) is 25.1 Å². The minimum Gasteiger partial charge on any atom is -0.469 e. The Bertz CT molecular complexity index is 450. The predicted octanol–water partition coefficient (Wildman–Crippen LogP) is 2.46. The number of ether oxygens (including phenoxy) is 1. The second kappa shape index (κ2) is 6.15. The van der Waals surface area contributed by atoms with Crippen molar-refractivity contribution in [1.82, 2.24) is 4.90 Å². The molecule has 19 heavy (non-hydrogen) atoms. The van der Waals surface area contributed by atoms with E-state index in [0.717, 1.165) is 13.0 Å². The predicted molar refractivity (Wildman–Crippen MR) is 71.0 cm³/mol. The van der Waals surface area contributed by atoms with Crippen LogP contribution in [0.1, 0.15) is 18.9 Å². The van der Waals surface area contributed by atoms with E-state index in [1.807, 2.05) is 6.07 Å². The molecule has 1 aliphatic heterocycles. The molecule has 0 spiro atoms. The number of piperidine rings is 1. The number of halogens is 1. The normalized spacial score (nSPS) is 24.2. The maximum Gasteiger partial charge on any atom is 0.309 e. The number of rotatable bonds is 3. The summed E-state index contributed by atoms with van der Waals surface area (Å²) in [6, 6.07) is 6.79. The topological polar surface area (TPSA) is 29.5 Å². The van der Waals surface area contributed by atoms with Gasteiger partial charge in [-0.25, -0.2) is 4.39 Å². The molecule has 3 nitrogen and oxygen atoms in total. The van der Waals surface area contributed by atoms with Gasteiger partial charge >= 0.3 is 5.97 Å². The number of esters is 1. The first kappa shape index (κ1) is 14.0. The lowest BCUT2D eigenvalue weighted by molar-refractivity contribution is -0.148. The van der Waals surface area contributed by atoms with Crippen LogP contribution < -0.4 is 0 Å². The highest BCUT2D eigenvalue weighted by atomic mass is 19.1. The third-order valence-corrected chi connectivity index (χ3v) is 3.62. The molecule has 0 radical (unpaired) electrons. The number of methoxy groups -OCH3 is 1. The van der Waals surface area contributed by atoms with Gasteiger partial charge in [-0.2, -0.15) is 0 Å². The lowest BCUT2D eigenvalue weighted by atomic mass is 9.90. The molecule has 0 aromatic heterocycles. The summed E-state index contributed by atoms with van der Waals surface area (Å²) in [5.74, 6) is -0.0226. The summed E-state index contributed by atoms with van der Waals surface area (Å²) in [5.41, 5.74) is 0.681. The average Bonchev–Trinajstić information content (AvgIpc) is 2.40. The van der Waals surface area contributed by atoms with E-state index in [-0.39, 0.29) is 17.7 Å². The van der Waals surface area contributed by atoms with Crippen LogP contribution in [0.5, 0.6) is 0 Å². The van der Waals surface area contributed by atoms with Gasteiger partial charge in [0.1, 0.15) is 5.82 Å². The number of carbonyl (C=O) groups excluding carboxylic acids is 1. The van der Waals surface area contributed by atoms with Gasteiger partial charge in [-0.15, -0.1) is 0 Å². The van der Waals surface area contributed by atoms with Gasteiger partial charge in [0.05, 0.1) is 13.0 Å². The van der Waals surface area contributed by atoms with Crippen molar-refractivity contribution in [2.24, 2.45) is 11.8 Å². The van der Waals surface area contributed by atoms with Gasteiger partial charge in [-0.05, 0) is 18.4 Å². The Kier molecular flexibility index (Phi) is 4.53. The summed E-state index contributed by atoms with van der Waals surface area (Å²) < 4.78 is 18.5. The molecule has 2 unspecified atom stereocenters. The molecule has 1 fully saturated rings. The molecule has 2 atom stereocenters. The van der Waals surface area contributed by atoms with Gasteiger partial charge < -0.3 is 4.74 Å². The Morgan fingerprint density at radius 2 is 2.16 bits per heavy atom. The van der Waals surface area contributed by atoms with Crippen LogP contribution in [0.15, 0.2) is 24.3 Å². The molecule has 0 amide bonds. The van der Waals surface area contributed by atoms with Crippen LogP contribution in [0.2, 0.25) is 0 Å². The van der Waals surface area contributed by atoms with Gasteiger partial charge in [-0.3, -0.25) is 9.69 Å². The molecule has 1 aromatic rings. The lowest BCUT2D eigenvalue weighted by Gasteiger charge is -2.35. The third kappa shape index (κ3) is 3.53. The molecule has 0 N–H and O–H groups in total. The van der Waals surface area contributed by atoms with Crippen LogP contribution in [0.4, 0.5) is 4.39 Å². The van der Waals surface area contributed by atoms with Crippen LogP contribution in [0.3, 0.4) is 0 Å². The number of carbonyl (C=O) groups is 1. The zero-order chi connectivity index (χ0) is 13.8. The summed E-state index contributed by atoms with van der Waals surface area (Å²) >= 11 is 0. The molecule has 0 bridgehead atoms. The molecule has 104 valence electrons. The standard InChI is InChI=1S/C15H20FNO2/c1-11-7-13(15(18)19-2)10-17(8-11)9-12-5-3-4-6-14(12)16/h3-6,11,13H,7-10H2,1-2H3. The second-order valence-corrected chi connectivity index (χ2v) is 5.35. The SMILES string of the molecule is COC(=O)C1CC(C)CN(Cc2ccccc2F)C1. The highest BCUT2D eigenvalue weighted by molar-refractivity contribution is 5.72. The van der Waals surface area contributed by atoms with E-state index in [4.69, 9.17) is 4.74 Å². The largest absolute Gasteiger partial charge is 0.469 e. The van der Waals surface area contributed by atoms with Crippen molar-refractivity contribution in [1.29, 1.82) is 0 Å². The smallest absolute Gasteiger partial charge is 0.309 e. The number of likely N-dealkylation sites (tertiary alicyclic amines) is 1. The van der Waals surface area contributed by atoms with Crippen molar-refractivity contribution < 1.29 is 13.9 Å². The Labute approximate surface area is 113 Å². The van der Waals surface area contributed by atoms with E-state index in [2.05, 4.69) is 11.8 Å². The van der Waals surface area contributed by atoms with E-state index in [9.17, 15) is 9.18 Å². The summed E-state index contributed by atoms with van der Waals surface area (Å²) in [6.45, 7) is 4.20. The highest BCUT2D eigenvalue weighted by Crippen LogP contribution is 2.24. The molecule has 0 saturated carbocycles. The van der Waals surface area contributed by atoms with Gasteiger partial charge in [0.2, 0.25) is 0 Å². The Hall–Kier alpha value is -1.42. The fraction of sp³-hybridized carbons (Fsp3) is 0.533. The minimum absolute atomic E-state index is 0.0967. The number of benzene rings is 1. The zero-order valence-corrected chi connectivity index (χ0v) is 11.4. The first-order chi connectivity index (χ1) is 9.10. The minimum atomic E-state index is -0.185.